The summed E-state index contributed by atoms with van der Waals surface area (Å²) in [5.74, 6) is 1.75. The molecule has 0 aromatic carbocycles. The van der Waals surface area contributed by atoms with E-state index in [1.807, 2.05) is 13.8 Å². The molecule has 1 saturated heterocycles. The molecule has 4 atom stereocenters. The zero-order chi connectivity index (χ0) is 12.3. The highest BCUT2D eigenvalue weighted by Crippen LogP contribution is 2.33. The molecule has 0 saturated carbocycles. The molecule has 4 heteroatoms. The first-order chi connectivity index (χ1) is 8.19. The maximum absolute atomic E-state index is 6.12. The number of halogens is 1. The molecule has 17 heavy (non-hydrogen) atoms. The average molecular weight is 260 g/mol. The van der Waals surface area contributed by atoms with E-state index in [0.717, 1.165) is 25.0 Å². The molecule has 2 aliphatic rings. The van der Waals surface area contributed by atoms with Gasteiger partial charge in [-0.3, -0.25) is 5.32 Å². The Labute approximate surface area is 108 Å². The fraction of sp³-hybridized carbons (Fsp3) is 0.846. The van der Waals surface area contributed by atoms with Gasteiger partial charge in [0.25, 0.3) is 0 Å². The van der Waals surface area contributed by atoms with Crippen molar-refractivity contribution in [2.75, 3.05) is 6.61 Å². The predicted molar refractivity (Wildman–Crippen MR) is 68.8 cm³/mol. The molecule has 1 heterocycles. The highest BCUT2D eigenvalue weighted by molar-refractivity contribution is 6.20. The lowest BCUT2D eigenvalue weighted by atomic mass is 9.82. The molecule has 1 fully saturated rings. The third-order valence-corrected chi connectivity index (χ3v) is 3.88. The van der Waals surface area contributed by atoms with Crippen molar-refractivity contribution in [2.45, 2.75) is 57.4 Å². The molecular formula is C13H22ClNO2. The van der Waals surface area contributed by atoms with Gasteiger partial charge in [0.15, 0.2) is 6.29 Å². The van der Waals surface area contributed by atoms with Crippen LogP contribution in [-0.2, 0) is 9.47 Å². The zero-order valence-corrected chi connectivity index (χ0v) is 11.4. The van der Waals surface area contributed by atoms with Crippen molar-refractivity contribution < 1.29 is 9.47 Å². The molecule has 0 radical (unpaired) electrons. The molecule has 0 amide bonds. The first kappa shape index (κ1) is 13.2. The Bertz CT molecular complexity index is 283. The van der Waals surface area contributed by atoms with Gasteiger partial charge in [0.1, 0.15) is 0 Å². The van der Waals surface area contributed by atoms with Crippen LogP contribution in [0.25, 0.3) is 0 Å². The summed E-state index contributed by atoms with van der Waals surface area (Å²) in [6.45, 7) is 4.62. The van der Waals surface area contributed by atoms with E-state index in [1.165, 1.54) is 6.42 Å². The van der Waals surface area contributed by atoms with Gasteiger partial charge < -0.3 is 9.47 Å². The van der Waals surface area contributed by atoms with Gasteiger partial charge in [0.2, 0.25) is 0 Å². The third kappa shape index (κ3) is 3.60. The van der Waals surface area contributed by atoms with Crippen LogP contribution >= 0.6 is 11.6 Å². The van der Waals surface area contributed by atoms with Gasteiger partial charge in [-0.1, -0.05) is 0 Å². The second kappa shape index (κ2) is 6.07. The number of ether oxygens (including phenoxy) is 2. The second-order valence-corrected chi connectivity index (χ2v) is 5.36. The Balaban J connectivity index is 1.86. The molecule has 1 aliphatic heterocycles. The van der Waals surface area contributed by atoms with Gasteiger partial charge in [0.05, 0.1) is 11.3 Å². The Hall–Kier alpha value is -0.250. The van der Waals surface area contributed by atoms with E-state index in [9.17, 15) is 0 Å². The van der Waals surface area contributed by atoms with E-state index in [-0.39, 0.29) is 11.8 Å². The number of hydrogen-bond acceptors (Lipinski definition) is 3. The number of alkyl halides is 1. The number of piperidine rings is 1. The fourth-order valence-corrected chi connectivity index (χ4v) is 2.98. The highest BCUT2D eigenvalue weighted by Gasteiger charge is 2.32. The number of hydrogen-bond donors (Lipinski definition) is 1. The summed E-state index contributed by atoms with van der Waals surface area (Å²) < 4.78 is 11.2. The molecule has 0 aromatic heterocycles. The lowest BCUT2D eigenvalue weighted by Gasteiger charge is -2.38. The first-order valence-corrected chi connectivity index (χ1v) is 7.00. The minimum absolute atomic E-state index is 0.139. The van der Waals surface area contributed by atoms with Crippen molar-refractivity contribution in [2.24, 2.45) is 5.92 Å². The topological polar surface area (TPSA) is 30.5 Å². The average Bonchev–Trinajstić information content (AvgIpc) is 2.29. The zero-order valence-electron chi connectivity index (χ0n) is 10.6. The van der Waals surface area contributed by atoms with Gasteiger partial charge in [0, 0.05) is 19.1 Å². The molecule has 1 N–H and O–H groups in total. The molecule has 0 bridgehead atoms. The van der Waals surface area contributed by atoms with Crippen molar-refractivity contribution in [3.63, 3.8) is 0 Å². The largest absolute Gasteiger partial charge is 0.470 e. The van der Waals surface area contributed by atoms with Crippen molar-refractivity contribution >= 4 is 11.6 Å². The Morgan fingerprint density at radius 2 is 2.35 bits per heavy atom. The quantitative estimate of drug-likeness (QED) is 0.478. The number of allylic oxidation sites excluding steroid dienone is 1. The Kier molecular flexibility index (Phi) is 4.71. The van der Waals surface area contributed by atoms with Gasteiger partial charge >= 0.3 is 0 Å². The lowest BCUT2D eigenvalue weighted by molar-refractivity contribution is -0.104. The van der Waals surface area contributed by atoms with Crippen molar-refractivity contribution in [3.8, 4) is 0 Å². The standard InChI is InChI=1S/C13H22ClNO2/c1-3-16-9(2)17-11-5-6-12-10(8-11)4-7-13(14)15-12/h5,9-10,12-13,15H,3-4,6-8H2,1-2H3/t9?,10-,12+,13?/m1/s1. The van der Waals surface area contributed by atoms with Crippen LogP contribution in [0.5, 0.6) is 0 Å². The summed E-state index contributed by atoms with van der Waals surface area (Å²) in [5.41, 5.74) is 0.148. The van der Waals surface area contributed by atoms with E-state index in [4.69, 9.17) is 21.1 Å². The number of nitrogens with one attached hydrogen (secondary N) is 1. The summed E-state index contributed by atoms with van der Waals surface area (Å²) in [4.78, 5) is 0. The smallest absolute Gasteiger partial charge is 0.196 e. The monoisotopic (exact) mass is 259 g/mol. The number of fused-ring (bicyclic) bond motifs is 1. The summed E-state index contributed by atoms with van der Waals surface area (Å²) >= 11 is 6.12. The van der Waals surface area contributed by atoms with Crippen LogP contribution in [0.4, 0.5) is 0 Å². The molecule has 0 spiro atoms. The minimum atomic E-state index is -0.139. The predicted octanol–water partition coefficient (Wildman–Crippen LogP) is 3.00. The van der Waals surface area contributed by atoms with E-state index >= 15 is 0 Å². The van der Waals surface area contributed by atoms with Crippen LogP contribution in [0.15, 0.2) is 11.8 Å². The highest BCUT2D eigenvalue weighted by atomic mass is 35.5. The molecule has 0 aromatic rings. The SMILES string of the molecule is CCOC(C)OC1=CC[C@@H]2NC(Cl)CC[C@@H]2C1. The third-order valence-electron chi connectivity index (χ3n) is 3.54. The molecule has 2 unspecified atom stereocenters. The van der Waals surface area contributed by atoms with Crippen molar-refractivity contribution in [3.05, 3.63) is 11.8 Å². The summed E-state index contributed by atoms with van der Waals surface area (Å²) in [6, 6.07) is 0.529. The Morgan fingerprint density at radius 3 is 3.12 bits per heavy atom. The van der Waals surface area contributed by atoms with Crippen LogP contribution in [0.3, 0.4) is 0 Å². The van der Waals surface area contributed by atoms with Crippen LogP contribution < -0.4 is 5.32 Å². The fourth-order valence-electron chi connectivity index (χ4n) is 2.70. The molecule has 1 aliphatic carbocycles. The number of rotatable bonds is 4. The minimum Gasteiger partial charge on any atom is -0.470 e. The first-order valence-electron chi connectivity index (χ1n) is 6.56. The van der Waals surface area contributed by atoms with Gasteiger partial charge in [-0.05, 0) is 45.1 Å². The maximum atomic E-state index is 6.12. The van der Waals surface area contributed by atoms with E-state index < -0.39 is 0 Å². The molecular weight excluding hydrogens is 238 g/mol. The molecule has 2 rings (SSSR count). The van der Waals surface area contributed by atoms with Crippen LogP contribution in [0, 0.1) is 5.92 Å². The lowest BCUT2D eigenvalue weighted by Crippen LogP contribution is -2.46. The van der Waals surface area contributed by atoms with Gasteiger partial charge in [-0.25, -0.2) is 0 Å². The van der Waals surface area contributed by atoms with Crippen molar-refractivity contribution in [1.82, 2.24) is 5.32 Å². The van der Waals surface area contributed by atoms with Gasteiger partial charge in [-0.15, -0.1) is 11.6 Å². The summed E-state index contributed by atoms with van der Waals surface area (Å²) in [7, 11) is 0. The second-order valence-electron chi connectivity index (χ2n) is 4.83. The van der Waals surface area contributed by atoms with E-state index in [1.54, 1.807) is 0 Å². The van der Waals surface area contributed by atoms with Crippen LogP contribution in [0.2, 0.25) is 0 Å². The normalized spacial score (nSPS) is 34.8. The van der Waals surface area contributed by atoms with E-state index in [0.29, 0.717) is 18.6 Å². The van der Waals surface area contributed by atoms with Gasteiger partial charge in [-0.2, -0.15) is 0 Å². The summed E-state index contributed by atoms with van der Waals surface area (Å²) in [5, 5.41) is 3.45. The van der Waals surface area contributed by atoms with E-state index in [2.05, 4.69) is 11.4 Å². The Morgan fingerprint density at radius 1 is 1.53 bits per heavy atom. The van der Waals surface area contributed by atoms with Crippen molar-refractivity contribution in [1.29, 1.82) is 0 Å². The summed E-state index contributed by atoms with van der Waals surface area (Å²) in [6.07, 6.45) is 6.31. The van der Waals surface area contributed by atoms with Crippen LogP contribution in [0.1, 0.15) is 39.5 Å². The molecule has 3 nitrogen and oxygen atoms in total. The van der Waals surface area contributed by atoms with Crippen LogP contribution in [-0.4, -0.2) is 24.4 Å². The molecule has 98 valence electrons. The maximum Gasteiger partial charge on any atom is 0.196 e.